The SMILES string of the molecule is CC(=O)Nc1ccc2nc3c(C#N)c(C)c(N=Nc4cc(C)c(N=Nc5cc(C)c(N=Nc6nc7c(S(=O)(=O)O)cc8ccc(S(=O)(=O)O)cc8c7s6)cc5SCCCS(=O)(=O)O)cc4OCCCS(=O)(=O)O)c(O)n3c2c1.O=S(=O)=O.O=S(=O)=O. The van der Waals surface area contributed by atoms with Crippen LogP contribution < -0.4 is 10.1 Å². The van der Waals surface area contributed by atoms with E-state index in [-0.39, 0.29) is 108 Å². The van der Waals surface area contributed by atoms with Crippen LogP contribution in [0.25, 0.3) is 37.7 Å². The standard InChI is InChI=1S/C46H41N11O15S6.2O3S/c1-23-15-35(53-55-41-25(3)31(22-47)44-49-32-10-8-28(48-26(4)58)18-37(32)57(44)45(41)59)38(72-11-5-13-75(60,61)62)20-33(23)51-54-36-16-24(2)34(21-39(36)73-12-6-14-76(63,64)65)52-56-46-50-42-40(78(69,70)71)17-27-7-9-29(77(66,67)68)19-30(27)43(42)74-46;2*1-4(2)3/h7-10,15-21,59H,5-6,11-14H2,1-4H3,(H,48,58)(H,60,61,62)(H,63,64,65)(H,66,67,68)(H,69,70,71);;. The van der Waals surface area contributed by atoms with Crippen LogP contribution >= 0.6 is 23.1 Å². The monoisotopic (exact) mass is 1340 g/mol. The first-order valence-electron chi connectivity index (χ1n) is 23.5. The Morgan fingerprint density at radius 3 is 1.93 bits per heavy atom. The quantitative estimate of drug-likeness (QED) is 0.0191. The molecule has 3 heterocycles. The summed E-state index contributed by atoms with van der Waals surface area (Å²) in [6.45, 7) is 5.92. The summed E-state index contributed by atoms with van der Waals surface area (Å²) >= 11 is 1.94. The second-order valence-corrected chi connectivity index (χ2v) is 26.4. The highest BCUT2D eigenvalue weighted by Crippen LogP contribution is 2.44. The van der Waals surface area contributed by atoms with E-state index in [1.54, 1.807) is 44.2 Å². The number of azo groups is 3. The van der Waals surface area contributed by atoms with Gasteiger partial charge in [-0.3, -0.25) is 27.4 Å². The number of carbonyl (C=O) groups excluding carboxylic acids is 1. The number of nitrogens with zero attached hydrogens (tertiary/aromatic N) is 10. The molecule has 0 aliphatic carbocycles. The van der Waals surface area contributed by atoms with E-state index in [1.807, 2.05) is 0 Å². The molecule has 0 radical (unpaired) electrons. The molecule has 1 amide bonds. The number of carbonyl (C=O) groups is 1. The number of nitrogens with one attached hydrogen (secondary N) is 1. The zero-order valence-electron chi connectivity index (χ0n) is 44.1. The molecule has 454 valence electrons. The molecule has 0 fully saturated rings. The van der Waals surface area contributed by atoms with Gasteiger partial charge in [-0.2, -0.15) is 44.0 Å². The zero-order valence-corrected chi connectivity index (χ0v) is 50.6. The fourth-order valence-corrected chi connectivity index (χ4v) is 12.1. The van der Waals surface area contributed by atoms with Crippen molar-refractivity contribution in [1.29, 1.82) is 5.26 Å². The lowest BCUT2D eigenvalue weighted by atomic mass is 10.1. The van der Waals surface area contributed by atoms with E-state index < -0.39 is 88.9 Å². The van der Waals surface area contributed by atoms with Gasteiger partial charge in [0.2, 0.25) is 16.9 Å². The molecule has 0 aliphatic heterocycles. The topological polar surface area (TPSA) is 507 Å². The highest BCUT2D eigenvalue weighted by Gasteiger charge is 2.24. The average molecular weight is 1340 g/mol. The van der Waals surface area contributed by atoms with Crippen molar-refractivity contribution in [2.75, 3.05) is 29.2 Å². The largest absolute Gasteiger partial charge is 0.493 e. The van der Waals surface area contributed by atoms with E-state index in [1.165, 1.54) is 36.4 Å². The number of ether oxygens (including phenoxy) is 1. The van der Waals surface area contributed by atoms with E-state index in [4.69, 9.17) is 30.0 Å². The van der Waals surface area contributed by atoms with Crippen LogP contribution in [0.1, 0.15) is 42.0 Å². The van der Waals surface area contributed by atoms with Crippen molar-refractivity contribution in [2.24, 2.45) is 30.7 Å². The van der Waals surface area contributed by atoms with Gasteiger partial charge in [0.15, 0.2) is 11.3 Å². The van der Waals surface area contributed by atoms with Crippen molar-refractivity contribution in [3.05, 3.63) is 89.0 Å². The van der Waals surface area contributed by atoms with Crippen LogP contribution in [0.3, 0.4) is 0 Å². The summed E-state index contributed by atoms with van der Waals surface area (Å²) in [6, 6.07) is 17.5. The van der Waals surface area contributed by atoms with Crippen LogP contribution in [-0.2, 0) is 66.5 Å². The Labute approximate surface area is 497 Å². The first-order valence-corrected chi connectivity index (χ1v) is 33.4. The minimum atomic E-state index is -4.87. The molecular formula is C46H41N11O21S8. The highest BCUT2D eigenvalue weighted by atomic mass is 32.2. The average Bonchev–Trinajstić information content (AvgIpc) is 1.75. The number of fused-ring (bicyclic) bond motifs is 6. The maximum absolute atomic E-state index is 12.5. The molecule has 8 aromatic rings. The minimum absolute atomic E-state index is 0.00225. The summed E-state index contributed by atoms with van der Waals surface area (Å²) in [5, 5.41) is 51.1. The molecule has 0 bridgehead atoms. The van der Waals surface area contributed by atoms with Crippen molar-refractivity contribution < 1.29 is 91.8 Å². The van der Waals surface area contributed by atoms with Crippen LogP contribution in [0, 0.1) is 32.1 Å². The second kappa shape index (κ2) is 27.4. The Kier molecular flexibility index (Phi) is 21.4. The summed E-state index contributed by atoms with van der Waals surface area (Å²) in [5.41, 5.74) is 2.77. The lowest BCUT2D eigenvalue weighted by Crippen LogP contribution is -2.08. The molecule has 0 aliphatic rings. The number of imidazole rings is 1. The summed E-state index contributed by atoms with van der Waals surface area (Å²) in [4.78, 5) is 19.9. The third-order valence-electron chi connectivity index (χ3n) is 11.4. The molecule has 40 heteroatoms. The smallest absolute Gasteiger partial charge is 0.425 e. The lowest BCUT2D eigenvalue weighted by Gasteiger charge is -2.12. The second-order valence-electron chi connectivity index (χ2n) is 17.5. The van der Waals surface area contributed by atoms with Gasteiger partial charge < -0.3 is 15.2 Å². The lowest BCUT2D eigenvalue weighted by molar-refractivity contribution is -0.114. The Morgan fingerprint density at radius 1 is 0.733 bits per heavy atom. The summed E-state index contributed by atoms with van der Waals surface area (Å²) < 4.78 is 192. The van der Waals surface area contributed by atoms with Gasteiger partial charge in [0, 0.05) is 34.5 Å². The fraction of sp³-hybridized carbons (Fsp3) is 0.217. The molecule has 8 rings (SSSR count). The number of aromatic nitrogens is 3. The number of aryl methyl sites for hydroxylation is 2. The van der Waals surface area contributed by atoms with E-state index in [0.717, 1.165) is 41.3 Å². The number of amides is 1. The molecule has 5 aromatic carbocycles. The number of pyridine rings is 1. The number of hydrogen-bond donors (Lipinski definition) is 6. The normalized spacial score (nSPS) is 12.2. The van der Waals surface area contributed by atoms with E-state index in [9.17, 15) is 67.0 Å². The zero-order chi connectivity index (χ0) is 63.8. The first kappa shape index (κ1) is 66.9. The van der Waals surface area contributed by atoms with Crippen molar-refractivity contribution in [3.8, 4) is 17.7 Å². The fourth-order valence-electron chi connectivity index (χ4n) is 7.76. The number of nitriles is 1. The van der Waals surface area contributed by atoms with Crippen molar-refractivity contribution in [2.45, 2.75) is 55.2 Å². The van der Waals surface area contributed by atoms with Crippen molar-refractivity contribution in [1.82, 2.24) is 14.4 Å². The number of thioether (sulfide) groups is 1. The van der Waals surface area contributed by atoms with Crippen LogP contribution in [0.2, 0.25) is 0 Å². The summed E-state index contributed by atoms with van der Waals surface area (Å²) in [5.74, 6) is -1.84. The van der Waals surface area contributed by atoms with Gasteiger partial charge in [0.05, 0.1) is 55.8 Å². The van der Waals surface area contributed by atoms with Gasteiger partial charge >= 0.3 is 21.2 Å². The predicted molar refractivity (Wildman–Crippen MR) is 307 cm³/mol. The van der Waals surface area contributed by atoms with Gasteiger partial charge in [0.25, 0.3) is 40.5 Å². The van der Waals surface area contributed by atoms with Gasteiger partial charge in [-0.15, -0.1) is 62.6 Å². The van der Waals surface area contributed by atoms with Crippen LogP contribution in [0.5, 0.6) is 11.6 Å². The molecule has 0 spiro atoms. The molecule has 0 atom stereocenters. The Bertz CT molecular complexity index is 4900. The van der Waals surface area contributed by atoms with Gasteiger partial charge in [-0.05, 0) is 110 Å². The molecule has 0 saturated heterocycles. The van der Waals surface area contributed by atoms with Crippen molar-refractivity contribution in [3.63, 3.8) is 0 Å². The molecule has 0 unspecified atom stereocenters. The third kappa shape index (κ3) is 17.7. The van der Waals surface area contributed by atoms with Gasteiger partial charge in [-0.1, -0.05) is 17.4 Å². The predicted octanol–water partition coefficient (Wildman–Crippen LogP) is 8.47. The summed E-state index contributed by atoms with van der Waals surface area (Å²) in [7, 11) is -24.4. The molecule has 3 aromatic heterocycles. The number of anilines is 1. The van der Waals surface area contributed by atoms with Gasteiger partial charge in [-0.25, -0.2) is 9.97 Å². The maximum atomic E-state index is 12.5. The Morgan fingerprint density at radius 2 is 1.33 bits per heavy atom. The van der Waals surface area contributed by atoms with Crippen molar-refractivity contribution >= 4 is 168 Å². The number of benzene rings is 5. The van der Waals surface area contributed by atoms with E-state index >= 15 is 0 Å². The molecular weight excluding hydrogens is 1300 g/mol. The number of hydrogen-bond acceptors (Lipinski definition) is 28. The van der Waals surface area contributed by atoms with Crippen LogP contribution in [0.15, 0.2) is 112 Å². The third-order valence-corrected chi connectivity index (χ3v) is 16.8. The van der Waals surface area contributed by atoms with E-state index in [2.05, 4.69) is 52.0 Å². The molecule has 6 N–H and O–H groups in total. The van der Waals surface area contributed by atoms with E-state index in [0.29, 0.717) is 32.7 Å². The number of rotatable bonds is 19. The van der Waals surface area contributed by atoms with Crippen LogP contribution in [-0.4, -0.2) is 126 Å². The maximum Gasteiger partial charge on any atom is 0.425 e. The molecule has 86 heavy (non-hydrogen) atoms. The Hall–Kier alpha value is -8.21. The summed E-state index contributed by atoms with van der Waals surface area (Å²) in [6.07, 6.45) is -0.147. The van der Waals surface area contributed by atoms with Gasteiger partial charge in [0.1, 0.15) is 33.5 Å². The number of thiazole rings is 1. The molecule has 0 saturated carbocycles. The minimum Gasteiger partial charge on any atom is -0.493 e. The first-order chi connectivity index (χ1) is 40.0. The van der Waals surface area contributed by atoms with Crippen LogP contribution in [0.4, 0.5) is 39.3 Å². The number of aromatic hydroxyl groups is 1. The molecule has 32 nitrogen and oxygen atoms in total. The Balaban J connectivity index is 0.00000139. The highest BCUT2D eigenvalue weighted by molar-refractivity contribution is 7.99.